The van der Waals surface area contributed by atoms with Crippen LogP contribution < -0.4 is 10.5 Å². The van der Waals surface area contributed by atoms with Crippen LogP contribution in [0.25, 0.3) is 0 Å². The van der Waals surface area contributed by atoms with Crippen molar-refractivity contribution in [2.75, 3.05) is 20.3 Å². The third-order valence-electron chi connectivity index (χ3n) is 3.07. The van der Waals surface area contributed by atoms with E-state index in [1.165, 1.54) is 5.56 Å². The van der Waals surface area contributed by atoms with Crippen molar-refractivity contribution >= 4 is 31.9 Å². The molecule has 20 heavy (non-hydrogen) atoms. The Morgan fingerprint density at radius 3 is 2.30 bits per heavy atom. The van der Waals surface area contributed by atoms with Crippen molar-refractivity contribution in [3.8, 4) is 5.75 Å². The molecule has 0 aliphatic rings. The molecule has 0 saturated heterocycles. The summed E-state index contributed by atoms with van der Waals surface area (Å²) < 4.78 is 12.8. The predicted molar refractivity (Wildman–Crippen MR) is 90.4 cm³/mol. The van der Waals surface area contributed by atoms with Crippen LogP contribution in [-0.2, 0) is 11.2 Å². The van der Waals surface area contributed by atoms with Gasteiger partial charge in [0.15, 0.2) is 0 Å². The van der Waals surface area contributed by atoms with E-state index in [1.54, 1.807) is 7.11 Å². The van der Waals surface area contributed by atoms with Gasteiger partial charge in [-0.05, 0) is 75.2 Å². The molecule has 0 saturated carbocycles. The summed E-state index contributed by atoms with van der Waals surface area (Å²) >= 11 is 7.14. The van der Waals surface area contributed by atoms with Gasteiger partial charge < -0.3 is 15.2 Å². The number of halogens is 2. The van der Waals surface area contributed by atoms with Crippen LogP contribution in [0.4, 0.5) is 0 Å². The monoisotopic (exact) mass is 407 g/mol. The van der Waals surface area contributed by atoms with Gasteiger partial charge >= 0.3 is 0 Å². The minimum absolute atomic E-state index is 0.203. The highest BCUT2D eigenvalue weighted by atomic mass is 79.9. The van der Waals surface area contributed by atoms with E-state index in [1.807, 2.05) is 0 Å². The van der Waals surface area contributed by atoms with Gasteiger partial charge in [-0.25, -0.2) is 0 Å². The lowest BCUT2D eigenvalue weighted by Crippen LogP contribution is -2.21. The number of hydrogen-bond acceptors (Lipinski definition) is 3. The summed E-state index contributed by atoms with van der Waals surface area (Å²) in [7, 11) is 1.72. The quantitative estimate of drug-likeness (QED) is 0.619. The summed E-state index contributed by atoms with van der Waals surface area (Å²) in [6.45, 7) is 3.57. The second kappa shape index (κ2) is 9.77. The standard InChI is InChI=1S/C15H23Br2NO2/c1-3-12(18)8-11-9-13(16)15(14(17)10-11)20-7-5-4-6-19-2/h9-10,12H,3-8,18H2,1-2H3. The minimum atomic E-state index is 0.203. The molecule has 5 heteroatoms. The highest BCUT2D eigenvalue weighted by molar-refractivity contribution is 9.11. The first kappa shape index (κ1) is 18.0. The highest BCUT2D eigenvalue weighted by Crippen LogP contribution is 2.35. The van der Waals surface area contributed by atoms with E-state index < -0.39 is 0 Å². The van der Waals surface area contributed by atoms with E-state index in [0.29, 0.717) is 6.61 Å². The number of hydrogen-bond donors (Lipinski definition) is 1. The van der Waals surface area contributed by atoms with Crippen molar-refractivity contribution < 1.29 is 9.47 Å². The van der Waals surface area contributed by atoms with Gasteiger partial charge in [0.2, 0.25) is 0 Å². The molecule has 0 aromatic heterocycles. The lowest BCUT2D eigenvalue weighted by Gasteiger charge is -2.14. The Hall–Kier alpha value is -0.100. The van der Waals surface area contributed by atoms with E-state index in [4.69, 9.17) is 15.2 Å². The van der Waals surface area contributed by atoms with Crippen LogP contribution in [0.1, 0.15) is 31.7 Å². The van der Waals surface area contributed by atoms with E-state index >= 15 is 0 Å². The van der Waals surface area contributed by atoms with Gasteiger partial charge in [0.05, 0.1) is 15.6 Å². The van der Waals surface area contributed by atoms with Crippen LogP contribution in [0.5, 0.6) is 5.75 Å². The van der Waals surface area contributed by atoms with Gasteiger partial charge in [-0.2, -0.15) is 0 Å². The van der Waals surface area contributed by atoms with E-state index in [2.05, 4.69) is 50.9 Å². The highest BCUT2D eigenvalue weighted by Gasteiger charge is 2.10. The van der Waals surface area contributed by atoms with Crippen molar-refractivity contribution in [2.45, 2.75) is 38.6 Å². The zero-order valence-corrected chi connectivity index (χ0v) is 15.3. The molecule has 0 radical (unpaired) electrons. The SMILES string of the molecule is CCC(N)Cc1cc(Br)c(OCCCCOC)c(Br)c1. The van der Waals surface area contributed by atoms with Gasteiger partial charge in [0, 0.05) is 19.8 Å². The molecule has 3 nitrogen and oxygen atoms in total. The first-order valence-corrected chi connectivity index (χ1v) is 8.52. The zero-order chi connectivity index (χ0) is 15.0. The fraction of sp³-hybridized carbons (Fsp3) is 0.600. The van der Waals surface area contributed by atoms with Crippen molar-refractivity contribution in [3.05, 3.63) is 26.6 Å². The molecule has 1 unspecified atom stereocenters. The summed E-state index contributed by atoms with van der Waals surface area (Å²) in [6, 6.07) is 4.38. The molecule has 1 aromatic carbocycles. The molecule has 1 aromatic rings. The average Bonchev–Trinajstić information content (AvgIpc) is 2.41. The molecule has 114 valence electrons. The van der Waals surface area contributed by atoms with E-state index in [0.717, 1.165) is 47.0 Å². The number of benzene rings is 1. The maximum Gasteiger partial charge on any atom is 0.147 e. The Bertz CT molecular complexity index is 390. The van der Waals surface area contributed by atoms with Gasteiger partial charge in [-0.15, -0.1) is 0 Å². The van der Waals surface area contributed by atoms with Crippen molar-refractivity contribution in [1.29, 1.82) is 0 Å². The molecule has 0 spiro atoms. The number of unbranched alkanes of at least 4 members (excludes halogenated alkanes) is 1. The Morgan fingerprint density at radius 1 is 1.15 bits per heavy atom. The van der Waals surface area contributed by atoms with E-state index in [-0.39, 0.29) is 6.04 Å². The normalized spacial score (nSPS) is 12.4. The number of nitrogens with two attached hydrogens (primary N) is 1. The molecule has 0 bridgehead atoms. The maximum absolute atomic E-state index is 6.00. The van der Waals surface area contributed by atoms with Gasteiger partial charge in [0.25, 0.3) is 0 Å². The molecule has 0 heterocycles. The molecular weight excluding hydrogens is 386 g/mol. The van der Waals surface area contributed by atoms with Crippen molar-refractivity contribution in [1.82, 2.24) is 0 Å². The van der Waals surface area contributed by atoms with Crippen LogP contribution in [0, 0.1) is 0 Å². The number of methoxy groups -OCH3 is 1. The lowest BCUT2D eigenvalue weighted by molar-refractivity contribution is 0.184. The van der Waals surface area contributed by atoms with Crippen molar-refractivity contribution in [3.63, 3.8) is 0 Å². The topological polar surface area (TPSA) is 44.5 Å². The molecule has 1 rings (SSSR count). The lowest BCUT2D eigenvalue weighted by atomic mass is 10.0. The molecule has 0 aliphatic heterocycles. The van der Waals surface area contributed by atoms with Crippen LogP contribution in [0.2, 0.25) is 0 Å². The largest absolute Gasteiger partial charge is 0.491 e. The molecular formula is C15H23Br2NO2. The van der Waals surface area contributed by atoms with E-state index in [9.17, 15) is 0 Å². The summed E-state index contributed by atoms with van der Waals surface area (Å²) in [6.07, 6.45) is 3.85. The molecule has 0 amide bonds. The van der Waals surface area contributed by atoms with Crippen LogP contribution >= 0.6 is 31.9 Å². The molecule has 0 aliphatic carbocycles. The van der Waals surface area contributed by atoms with Crippen LogP contribution in [-0.4, -0.2) is 26.4 Å². The first-order valence-electron chi connectivity index (χ1n) is 6.93. The molecule has 2 N–H and O–H groups in total. The fourth-order valence-corrected chi connectivity index (χ4v) is 3.35. The second-order valence-corrected chi connectivity index (χ2v) is 6.52. The minimum Gasteiger partial charge on any atom is -0.491 e. The van der Waals surface area contributed by atoms with Gasteiger partial charge in [-0.3, -0.25) is 0 Å². The van der Waals surface area contributed by atoms with Crippen LogP contribution in [0.15, 0.2) is 21.1 Å². The number of ether oxygens (including phenoxy) is 2. The molecule has 1 atom stereocenters. The third-order valence-corrected chi connectivity index (χ3v) is 4.25. The summed E-state index contributed by atoms with van der Waals surface area (Å²) in [4.78, 5) is 0. The third kappa shape index (κ3) is 6.12. The molecule has 0 fully saturated rings. The predicted octanol–water partition coefficient (Wildman–Crippen LogP) is 4.30. The summed E-state index contributed by atoms with van der Waals surface area (Å²) in [5, 5.41) is 0. The zero-order valence-electron chi connectivity index (χ0n) is 12.1. The smallest absolute Gasteiger partial charge is 0.147 e. The Balaban J connectivity index is 2.59. The second-order valence-electron chi connectivity index (χ2n) is 4.81. The summed E-state index contributed by atoms with van der Waals surface area (Å²) in [5.74, 6) is 0.858. The first-order chi connectivity index (χ1) is 9.58. The Morgan fingerprint density at radius 2 is 1.75 bits per heavy atom. The van der Waals surface area contributed by atoms with Crippen molar-refractivity contribution in [2.24, 2.45) is 5.73 Å². The average molecular weight is 409 g/mol. The fourth-order valence-electron chi connectivity index (χ4n) is 1.84. The summed E-state index contributed by atoms with van der Waals surface area (Å²) in [5.41, 5.74) is 7.21. The maximum atomic E-state index is 6.00. The Labute approximate surface area is 138 Å². The Kier molecular flexibility index (Phi) is 8.77. The number of rotatable bonds is 9. The van der Waals surface area contributed by atoms with Gasteiger partial charge in [0.1, 0.15) is 5.75 Å². The van der Waals surface area contributed by atoms with Gasteiger partial charge in [-0.1, -0.05) is 6.92 Å². The van der Waals surface area contributed by atoms with Crippen LogP contribution in [0.3, 0.4) is 0 Å².